The first-order valence-corrected chi connectivity index (χ1v) is 9.36. The summed E-state index contributed by atoms with van der Waals surface area (Å²) in [6.45, 7) is 0.269. The third-order valence-electron chi connectivity index (χ3n) is 3.81. The third kappa shape index (κ3) is 5.36. The van der Waals surface area contributed by atoms with Crippen LogP contribution in [0, 0.1) is 0 Å². The highest BCUT2D eigenvalue weighted by molar-refractivity contribution is 7.89. The zero-order valence-electron chi connectivity index (χ0n) is 14.2. The van der Waals surface area contributed by atoms with E-state index in [1.54, 1.807) is 19.4 Å². The summed E-state index contributed by atoms with van der Waals surface area (Å²) >= 11 is 0. The lowest BCUT2D eigenvalue weighted by atomic mass is 10.2. The van der Waals surface area contributed by atoms with Gasteiger partial charge in [0, 0.05) is 6.54 Å². The highest BCUT2D eigenvalue weighted by atomic mass is 32.2. The van der Waals surface area contributed by atoms with Gasteiger partial charge < -0.3 is 9.15 Å². The Bertz CT molecular complexity index is 710. The number of ether oxygens (including phenoxy) is 1. The van der Waals surface area contributed by atoms with E-state index in [2.05, 4.69) is 4.72 Å². The van der Waals surface area contributed by atoms with Crippen LogP contribution in [-0.2, 0) is 16.4 Å². The van der Waals surface area contributed by atoms with E-state index in [1.807, 2.05) is 49.3 Å². The number of nitrogens with one attached hydrogen (secondary N) is 1. The lowest BCUT2D eigenvalue weighted by Gasteiger charge is -2.22. The molecule has 1 aromatic heterocycles. The van der Waals surface area contributed by atoms with Crippen molar-refractivity contribution in [2.24, 2.45) is 0 Å². The molecule has 0 radical (unpaired) electrons. The summed E-state index contributed by atoms with van der Waals surface area (Å²) in [5, 5.41) is 0. The number of aryl methyl sites for hydroxylation is 1. The van der Waals surface area contributed by atoms with Crippen molar-refractivity contribution in [2.75, 3.05) is 33.5 Å². The second-order valence-corrected chi connectivity index (χ2v) is 7.69. The zero-order valence-corrected chi connectivity index (χ0v) is 15.0. The molecule has 1 atom stereocenters. The Morgan fingerprint density at radius 2 is 1.92 bits per heavy atom. The van der Waals surface area contributed by atoms with Crippen molar-refractivity contribution in [1.29, 1.82) is 0 Å². The molecule has 1 heterocycles. The van der Waals surface area contributed by atoms with Gasteiger partial charge in [0.05, 0.1) is 25.2 Å². The maximum atomic E-state index is 12.2. The fraction of sp³-hybridized carbons (Fsp3) is 0.412. The Hall–Kier alpha value is -1.83. The largest absolute Gasteiger partial charge is 0.497 e. The van der Waals surface area contributed by atoms with E-state index < -0.39 is 10.0 Å². The van der Waals surface area contributed by atoms with Gasteiger partial charge in [-0.15, -0.1) is 0 Å². The normalized spacial score (nSPS) is 13.2. The fourth-order valence-electron chi connectivity index (χ4n) is 2.34. The molecule has 1 aromatic carbocycles. The molecule has 7 heteroatoms. The number of hydrogen-bond donors (Lipinski definition) is 1. The molecule has 0 aliphatic rings. The summed E-state index contributed by atoms with van der Waals surface area (Å²) in [5.74, 6) is 1.53. The van der Waals surface area contributed by atoms with Gasteiger partial charge in [-0.05, 0) is 50.3 Å². The highest BCUT2D eigenvalue weighted by Crippen LogP contribution is 2.18. The summed E-state index contributed by atoms with van der Waals surface area (Å²) in [4.78, 5) is 1.92. The van der Waals surface area contributed by atoms with Gasteiger partial charge in [-0.1, -0.05) is 12.1 Å². The second kappa shape index (κ2) is 8.32. The topological polar surface area (TPSA) is 71.8 Å². The standard InChI is InChI=1S/C17H24N2O4S/c1-19(2)16(17-5-4-11-23-17)13-18-24(20,21)12-10-14-6-8-15(22-3)9-7-14/h4-9,11,16,18H,10,12-13H2,1-3H3. The number of sulfonamides is 1. The van der Waals surface area contributed by atoms with Gasteiger partial charge in [0.2, 0.25) is 10.0 Å². The minimum Gasteiger partial charge on any atom is -0.497 e. The molecule has 0 fully saturated rings. The SMILES string of the molecule is COc1ccc(CCS(=O)(=O)NCC(c2ccco2)N(C)C)cc1. The molecule has 0 saturated heterocycles. The van der Waals surface area contributed by atoms with Crippen LogP contribution in [0.15, 0.2) is 47.1 Å². The van der Waals surface area contributed by atoms with E-state index in [-0.39, 0.29) is 18.3 Å². The van der Waals surface area contributed by atoms with Gasteiger partial charge in [-0.2, -0.15) is 0 Å². The number of rotatable bonds is 9. The zero-order chi connectivity index (χ0) is 17.6. The molecule has 2 aromatic rings. The monoisotopic (exact) mass is 352 g/mol. The van der Waals surface area contributed by atoms with Crippen LogP contribution in [0.2, 0.25) is 0 Å². The van der Waals surface area contributed by atoms with Crippen molar-refractivity contribution < 1.29 is 17.6 Å². The van der Waals surface area contributed by atoms with Crippen molar-refractivity contribution >= 4 is 10.0 Å². The Morgan fingerprint density at radius 3 is 2.46 bits per heavy atom. The third-order valence-corrected chi connectivity index (χ3v) is 5.16. The van der Waals surface area contributed by atoms with E-state index in [9.17, 15) is 8.42 Å². The minimum atomic E-state index is -3.36. The molecule has 6 nitrogen and oxygen atoms in total. The fourth-order valence-corrected chi connectivity index (χ4v) is 3.40. The summed E-state index contributed by atoms with van der Waals surface area (Å²) < 4.78 is 37.6. The van der Waals surface area contributed by atoms with E-state index in [0.29, 0.717) is 6.42 Å². The van der Waals surface area contributed by atoms with Gasteiger partial charge >= 0.3 is 0 Å². The molecular formula is C17H24N2O4S. The number of furan rings is 1. The van der Waals surface area contributed by atoms with Crippen LogP contribution in [0.1, 0.15) is 17.4 Å². The average Bonchev–Trinajstić information content (AvgIpc) is 3.07. The summed E-state index contributed by atoms with van der Waals surface area (Å²) in [6.07, 6.45) is 2.04. The molecule has 132 valence electrons. The number of likely N-dealkylation sites (N-methyl/N-ethyl adjacent to an activating group) is 1. The quantitative estimate of drug-likeness (QED) is 0.748. The average molecular weight is 352 g/mol. The molecule has 0 amide bonds. The Labute approximate surface area is 143 Å². The highest BCUT2D eigenvalue weighted by Gasteiger charge is 2.20. The van der Waals surface area contributed by atoms with Crippen molar-refractivity contribution in [3.05, 3.63) is 54.0 Å². The van der Waals surface area contributed by atoms with Crippen molar-refractivity contribution in [3.63, 3.8) is 0 Å². The number of methoxy groups -OCH3 is 1. The van der Waals surface area contributed by atoms with Gasteiger partial charge in [-0.3, -0.25) is 4.90 Å². The molecule has 1 N–H and O–H groups in total. The lowest BCUT2D eigenvalue weighted by molar-refractivity contribution is 0.259. The van der Waals surface area contributed by atoms with Crippen LogP contribution in [0.4, 0.5) is 0 Å². The van der Waals surface area contributed by atoms with Crippen molar-refractivity contribution in [3.8, 4) is 5.75 Å². The first-order valence-electron chi connectivity index (χ1n) is 7.71. The molecule has 0 aliphatic heterocycles. The van der Waals surface area contributed by atoms with E-state index in [4.69, 9.17) is 9.15 Å². The number of hydrogen-bond acceptors (Lipinski definition) is 5. The van der Waals surface area contributed by atoms with Crippen LogP contribution in [0.25, 0.3) is 0 Å². The Kier molecular flexibility index (Phi) is 6.42. The molecule has 0 saturated carbocycles. The van der Waals surface area contributed by atoms with E-state index in [0.717, 1.165) is 17.1 Å². The van der Waals surface area contributed by atoms with Crippen LogP contribution in [0.5, 0.6) is 5.75 Å². The smallest absolute Gasteiger partial charge is 0.211 e. The van der Waals surface area contributed by atoms with Gasteiger partial charge in [0.15, 0.2) is 0 Å². The van der Waals surface area contributed by atoms with Crippen LogP contribution < -0.4 is 9.46 Å². The molecule has 0 bridgehead atoms. The van der Waals surface area contributed by atoms with Crippen LogP contribution in [-0.4, -0.2) is 46.8 Å². The number of nitrogens with zero attached hydrogens (tertiary/aromatic N) is 1. The molecule has 24 heavy (non-hydrogen) atoms. The predicted molar refractivity (Wildman–Crippen MR) is 93.6 cm³/mol. The maximum absolute atomic E-state index is 12.2. The van der Waals surface area contributed by atoms with Gasteiger partial charge in [-0.25, -0.2) is 13.1 Å². The van der Waals surface area contributed by atoms with Crippen molar-refractivity contribution in [2.45, 2.75) is 12.5 Å². The maximum Gasteiger partial charge on any atom is 0.211 e. The van der Waals surface area contributed by atoms with E-state index in [1.165, 1.54) is 0 Å². The van der Waals surface area contributed by atoms with E-state index >= 15 is 0 Å². The van der Waals surface area contributed by atoms with Gasteiger partial charge in [0.1, 0.15) is 11.5 Å². The summed E-state index contributed by atoms with van der Waals surface area (Å²) in [6, 6.07) is 10.9. The van der Waals surface area contributed by atoms with Crippen molar-refractivity contribution in [1.82, 2.24) is 9.62 Å². The second-order valence-electron chi connectivity index (χ2n) is 5.76. The molecule has 0 spiro atoms. The molecular weight excluding hydrogens is 328 g/mol. The van der Waals surface area contributed by atoms with Crippen LogP contribution in [0.3, 0.4) is 0 Å². The molecule has 0 aliphatic carbocycles. The summed E-state index contributed by atoms with van der Waals surface area (Å²) in [5.41, 5.74) is 0.955. The molecule has 1 unspecified atom stereocenters. The Morgan fingerprint density at radius 1 is 1.21 bits per heavy atom. The minimum absolute atomic E-state index is 0.0393. The first kappa shape index (κ1) is 18.5. The Balaban J connectivity index is 1.90. The van der Waals surface area contributed by atoms with Crippen LogP contribution >= 0.6 is 0 Å². The molecule has 2 rings (SSSR count). The predicted octanol–water partition coefficient (Wildman–Crippen LogP) is 2.05. The summed E-state index contributed by atoms with van der Waals surface area (Å²) in [7, 11) is 2.01. The first-order chi connectivity index (χ1) is 11.4. The van der Waals surface area contributed by atoms with Gasteiger partial charge in [0.25, 0.3) is 0 Å². The lowest BCUT2D eigenvalue weighted by Crippen LogP contribution is -2.35. The number of benzene rings is 1.